The fourth-order valence-electron chi connectivity index (χ4n) is 2.09. The number of carbonyl (C=O) groups excluding carboxylic acids is 3. The first-order valence-electron chi connectivity index (χ1n) is 8.15. The number of esters is 1. The zero-order valence-corrected chi connectivity index (χ0v) is 17.3. The van der Waals surface area contributed by atoms with Gasteiger partial charge in [-0.15, -0.1) is 10.2 Å². The van der Waals surface area contributed by atoms with Gasteiger partial charge in [-0.3, -0.25) is 14.4 Å². The standard InChI is InChI=1S/C17H19BrN4O4S/c1-10-8-12(18)6-7-13(10)19-15(24)9-26-16(25)5-3-4-14(23)20-17-22-21-11(2)27-17/h6-8H,3-5,9H2,1-2H3,(H,19,24)(H,20,22,23). The fourth-order valence-corrected chi connectivity index (χ4v) is 3.18. The minimum atomic E-state index is -0.530. The maximum Gasteiger partial charge on any atom is 0.306 e. The molecule has 10 heteroatoms. The van der Waals surface area contributed by atoms with Crippen molar-refractivity contribution in [1.29, 1.82) is 0 Å². The number of nitrogens with one attached hydrogen (secondary N) is 2. The summed E-state index contributed by atoms with van der Waals surface area (Å²) in [6.45, 7) is 3.28. The lowest BCUT2D eigenvalue weighted by atomic mass is 10.2. The molecule has 0 fully saturated rings. The second-order valence-corrected chi connectivity index (χ2v) is 7.79. The molecule has 0 bridgehead atoms. The van der Waals surface area contributed by atoms with Gasteiger partial charge < -0.3 is 15.4 Å². The number of aromatic nitrogens is 2. The Morgan fingerprint density at radius 3 is 2.56 bits per heavy atom. The van der Waals surface area contributed by atoms with Crippen LogP contribution < -0.4 is 10.6 Å². The van der Waals surface area contributed by atoms with Gasteiger partial charge in [-0.2, -0.15) is 0 Å². The number of rotatable bonds is 8. The minimum Gasteiger partial charge on any atom is -0.456 e. The Kier molecular flexibility index (Phi) is 7.86. The lowest BCUT2D eigenvalue weighted by molar-refractivity contribution is -0.147. The van der Waals surface area contributed by atoms with Crippen molar-refractivity contribution in [2.45, 2.75) is 33.1 Å². The fraction of sp³-hybridized carbons (Fsp3) is 0.353. The summed E-state index contributed by atoms with van der Waals surface area (Å²) < 4.78 is 5.84. The van der Waals surface area contributed by atoms with Crippen LogP contribution in [0.4, 0.5) is 10.8 Å². The topological polar surface area (TPSA) is 110 Å². The first-order valence-corrected chi connectivity index (χ1v) is 9.76. The normalized spacial score (nSPS) is 10.3. The molecule has 2 N–H and O–H groups in total. The third-order valence-corrected chi connectivity index (χ3v) is 4.63. The molecule has 0 saturated heterocycles. The van der Waals surface area contributed by atoms with Gasteiger partial charge in [0.15, 0.2) is 6.61 Å². The first kappa shape index (κ1) is 21.0. The van der Waals surface area contributed by atoms with Crippen LogP contribution in [0.1, 0.15) is 29.8 Å². The number of nitrogens with zero attached hydrogens (tertiary/aromatic N) is 2. The number of hydrogen-bond acceptors (Lipinski definition) is 7. The molecule has 1 aromatic heterocycles. The van der Waals surface area contributed by atoms with Crippen LogP contribution in [0.3, 0.4) is 0 Å². The number of benzene rings is 1. The van der Waals surface area contributed by atoms with Crippen molar-refractivity contribution in [3.05, 3.63) is 33.2 Å². The van der Waals surface area contributed by atoms with Gasteiger partial charge in [0, 0.05) is 23.0 Å². The Hall–Kier alpha value is -2.33. The molecule has 0 unspecified atom stereocenters. The highest BCUT2D eigenvalue weighted by Gasteiger charge is 2.11. The quantitative estimate of drug-likeness (QED) is 0.592. The van der Waals surface area contributed by atoms with E-state index in [2.05, 4.69) is 36.8 Å². The average Bonchev–Trinajstić information content (AvgIpc) is 3.00. The molecule has 8 nitrogen and oxygen atoms in total. The van der Waals surface area contributed by atoms with Crippen LogP contribution in [0.15, 0.2) is 22.7 Å². The Labute approximate surface area is 168 Å². The molecule has 144 valence electrons. The molecule has 0 atom stereocenters. The van der Waals surface area contributed by atoms with Gasteiger partial charge in [-0.05, 0) is 44.0 Å². The van der Waals surface area contributed by atoms with Crippen LogP contribution in [-0.4, -0.2) is 34.6 Å². The molecule has 1 heterocycles. The minimum absolute atomic E-state index is 0.0488. The molecule has 0 spiro atoms. The van der Waals surface area contributed by atoms with E-state index in [0.29, 0.717) is 17.2 Å². The van der Waals surface area contributed by atoms with E-state index in [4.69, 9.17) is 4.74 Å². The van der Waals surface area contributed by atoms with Gasteiger partial charge in [-0.1, -0.05) is 27.3 Å². The predicted molar refractivity (Wildman–Crippen MR) is 106 cm³/mol. The maximum absolute atomic E-state index is 11.9. The number of halogens is 1. The zero-order valence-electron chi connectivity index (χ0n) is 14.9. The number of amides is 2. The summed E-state index contributed by atoms with van der Waals surface area (Å²) in [5.41, 5.74) is 1.54. The highest BCUT2D eigenvalue weighted by molar-refractivity contribution is 9.10. The van der Waals surface area contributed by atoms with Gasteiger partial charge in [0.1, 0.15) is 5.01 Å². The van der Waals surface area contributed by atoms with Crippen molar-refractivity contribution in [2.24, 2.45) is 0 Å². The van der Waals surface area contributed by atoms with Crippen LogP contribution in [0.5, 0.6) is 0 Å². The maximum atomic E-state index is 11.9. The Morgan fingerprint density at radius 2 is 1.89 bits per heavy atom. The molecular formula is C17H19BrN4O4S. The lowest BCUT2D eigenvalue weighted by Crippen LogP contribution is -2.21. The third-order valence-electron chi connectivity index (χ3n) is 3.38. The molecule has 0 aliphatic carbocycles. The van der Waals surface area contributed by atoms with Crippen molar-refractivity contribution in [2.75, 3.05) is 17.2 Å². The molecule has 2 rings (SSSR count). The SMILES string of the molecule is Cc1nnc(NC(=O)CCCC(=O)OCC(=O)Nc2ccc(Br)cc2C)s1. The van der Waals surface area contributed by atoms with E-state index >= 15 is 0 Å². The van der Waals surface area contributed by atoms with E-state index in [9.17, 15) is 14.4 Å². The van der Waals surface area contributed by atoms with E-state index in [1.54, 1.807) is 13.0 Å². The lowest BCUT2D eigenvalue weighted by Gasteiger charge is -2.09. The van der Waals surface area contributed by atoms with Crippen molar-refractivity contribution < 1.29 is 19.1 Å². The summed E-state index contributed by atoms with van der Waals surface area (Å²) in [5.74, 6) is -1.20. The van der Waals surface area contributed by atoms with E-state index in [1.165, 1.54) is 11.3 Å². The third kappa shape index (κ3) is 7.43. The first-order chi connectivity index (χ1) is 12.8. The highest BCUT2D eigenvalue weighted by atomic mass is 79.9. The van der Waals surface area contributed by atoms with Crippen molar-refractivity contribution in [3.8, 4) is 0 Å². The largest absolute Gasteiger partial charge is 0.456 e. The van der Waals surface area contributed by atoms with Gasteiger partial charge >= 0.3 is 5.97 Å². The van der Waals surface area contributed by atoms with E-state index < -0.39 is 11.9 Å². The molecular weight excluding hydrogens is 436 g/mol. The average molecular weight is 455 g/mol. The van der Waals surface area contributed by atoms with E-state index in [-0.39, 0.29) is 25.4 Å². The smallest absolute Gasteiger partial charge is 0.306 e. The number of anilines is 2. The monoisotopic (exact) mass is 454 g/mol. The Bertz CT molecular complexity index is 840. The van der Waals surface area contributed by atoms with Crippen LogP contribution in [0, 0.1) is 13.8 Å². The second-order valence-electron chi connectivity index (χ2n) is 5.70. The Balaban J connectivity index is 1.63. The molecule has 0 radical (unpaired) electrons. The Morgan fingerprint density at radius 1 is 1.11 bits per heavy atom. The van der Waals surface area contributed by atoms with E-state index in [0.717, 1.165) is 15.0 Å². The number of carbonyl (C=O) groups is 3. The number of ether oxygens (including phenoxy) is 1. The molecule has 0 saturated carbocycles. The van der Waals surface area contributed by atoms with Crippen molar-refractivity contribution >= 4 is 55.9 Å². The second kappa shape index (κ2) is 10.1. The van der Waals surface area contributed by atoms with Crippen molar-refractivity contribution in [1.82, 2.24) is 10.2 Å². The summed E-state index contributed by atoms with van der Waals surface area (Å²) >= 11 is 4.63. The van der Waals surface area contributed by atoms with Gasteiger partial charge in [-0.25, -0.2) is 0 Å². The number of hydrogen-bond donors (Lipinski definition) is 2. The summed E-state index contributed by atoms with van der Waals surface area (Å²) in [5, 5.41) is 14.1. The summed E-state index contributed by atoms with van der Waals surface area (Å²) in [7, 11) is 0. The molecule has 1 aromatic carbocycles. The predicted octanol–water partition coefficient (Wildman–Crippen LogP) is 3.21. The van der Waals surface area contributed by atoms with Gasteiger partial charge in [0.2, 0.25) is 11.0 Å². The number of aryl methyl sites for hydroxylation is 2. The highest BCUT2D eigenvalue weighted by Crippen LogP contribution is 2.20. The van der Waals surface area contributed by atoms with Crippen LogP contribution in [0.25, 0.3) is 0 Å². The molecule has 0 aliphatic rings. The van der Waals surface area contributed by atoms with Crippen LogP contribution in [-0.2, 0) is 19.1 Å². The van der Waals surface area contributed by atoms with Crippen molar-refractivity contribution in [3.63, 3.8) is 0 Å². The van der Waals surface area contributed by atoms with Gasteiger partial charge in [0.05, 0.1) is 0 Å². The van der Waals surface area contributed by atoms with Crippen LogP contribution in [0.2, 0.25) is 0 Å². The molecule has 27 heavy (non-hydrogen) atoms. The van der Waals surface area contributed by atoms with E-state index in [1.807, 2.05) is 19.1 Å². The zero-order chi connectivity index (χ0) is 19.8. The van der Waals surface area contributed by atoms with Crippen LogP contribution >= 0.6 is 27.3 Å². The summed E-state index contributed by atoms with van der Waals surface area (Å²) in [6.07, 6.45) is 0.515. The molecule has 0 aliphatic heterocycles. The van der Waals surface area contributed by atoms with Gasteiger partial charge in [0.25, 0.3) is 5.91 Å². The summed E-state index contributed by atoms with van der Waals surface area (Å²) in [6, 6.07) is 5.44. The molecule has 2 aromatic rings. The summed E-state index contributed by atoms with van der Waals surface area (Å²) in [4.78, 5) is 35.3. The molecule has 2 amide bonds.